The van der Waals surface area contributed by atoms with Gasteiger partial charge in [-0.05, 0) is 68.2 Å². The Balaban J connectivity index is 1.57. The zero-order valence-electron chi connectivity index (χ0n) is 14.2. The van der Waals surface area contributed by atoms with Crippen molar-refractivity contribution in [3.8, 4) is 5.75 Å². The molecule has 1 aromatic rings. The summed E-state index contributed by atoms with van der Waals surface area (Å²) >= 11 is 6.43. The molecule has 0 saturated carbocycles. The van der Waals surface area contributed by atoms with E-state index in [1.54, 1.807) is 13.2 Å². The van der Waals surface area contributed by atoms with Crippen LogP contribution in [-0.4, -0.2) is 43.6 Å². The molecule has 0 radical (unpaired) electrons. The van der Waals surface area contributed by atoms with E-state index in [1.165, 1.54) is 19.4 Å². The van der Waals surface area contributed by atoms with Crippen LogP contribution in [0.25, 0.3) is 0 Å². The van der Waals surface area contributed by atoms with E-state index in [2.05, 4.69) is 10.2 Å². The molecular weight excluding hydrogens is 324 g/mol. The number of methoxy groups -OCH3 is 1. The topological polar surface area (TPSA) is 41.6 Å². The average Bonchev–Trinajstić information content (AvgIpc) is 3.08. The molecule has 2 saturated heterocycles. The van der Waals surface area contributed by atoms with Gasteiger partial charge in [0, 0.05) is 24.2 Å². The van der Waals surface area contributed by atoms with Gasteiger partial charge in [0.15, 0.2) is 0 Å². The molecular formula is C19H25ClN2O2. The molecule has 1 aromatic carbocycles. The molecule has 1 amide bonds. The van der Waals surface area contributed by atoms with Gasteiger partial charge in [-0.25, -0.2) is 0 Å². The molecule has 0 spiro atoms. The standard InChI is InChI=1S/C19H25ClN2O2/c1-24-18-14-6-2-5-13(14)16(20)10-15(18)19(23)21-17-7-9-22-8-3-4-12(17)11-22/h10,12,17H,2-9,11H2,1H3,(H,21,23). The lowest BCUT2D eigenvalue weighted by molar-refractivity contribution is 0.0737. The molecule has 1 N–H and O–H groups in total. The third-order valence-corrected chi connectivity index (χ3v) is 6.27. The molecule has 3 aliphatic rings. The number of fused-ring (bicyclic) bond motifs is 3. The number of carbonyl (C=O) groups excluding carboxylic acids is 1. The summed E-state index contributed by atoms with van der Waals surface area (Å²) in [6, 6.07) is 2.07. The number of rotatable bonds is 3. The number of halogens is 1. The van der Waals surface area contributed by atoms with Crippen LogP contribution >= 0.6 is 11.6 Å². The van der Waals surface area contributed by atoms with E-state index in [9.17, 15) is 4.79 Å². The summed E-state index contributed by atoms with van der Waals surface area (Å²) in [6.07, 6.45) is 6.50. The molecule has 130 valence electrons. The number of nitrogens with zero attached hydrogens (tertiary/aromatic N) is 1. The van der Waals surface area contributed by atoms with E-state index in [4.69, 9.17) is 16.3 Å². The predicted molar refractivity (Wildman–Crippen MR) is 95.1 cm³/mol. The Kier molecular flexibility index (Phi) is 4.44. The Morgan fingerprint density at radius 3 is 2.92 bits per heavy atom. The van der Waals surface area contributed by atoms with Crippen molar-refractivity contribution in [1.82, 2.24) is 10.2 Å². The molecule has 4 nitrogen and oxygen atoms in total. The molecule has 2 aliphatic heterocycles. The van der Waals surface area contributed by atoms with Crippen LogP contribution in [0.3, 0.4) is 0 Å². The Labute approximate surface area is 148 Å². The van der Waals surface area contributed by atoms with Gasteiger partial charge in [-0.15, -0.1) is 0 Å². The van der Waals surface area contributed by atoms with E-state index in [0.29, 0.717) is 16.5 Å². The molecule has 3 unspecified atom stereocenters. The van der Waals surface area contributed by atoms with E-state index in [-0.39, 0.29) is 11.9 Å². The highest BCUT2D eigenvalue weighted by atomic mass is 35.5. The van der Waals surface area contributed by atoms with Crippen molar-refractivity contribution in [1.29, 1.82) is 0 Å². The molecule has 3 atom stereocenters. The van der Waals surface area contributed by atoms with Crippen LogP contribution in [0.2, 0.25) is 5.02 Å². The lowest BCUT2D eigenvalue weighted by Crippen LogP contribution is -2.53. The second-order valence-electron chi connectivity index (χ2n) is 7.32. The summed E-state index contributed by atoms with van der Waals surface area (Å²) in [5.74, 6) is 1.27. The number of ether oxygens (including phenoxy) is 1. The van der Waals surface area contributed by atoms with Gasteiger partial charge in [0.2, 0.25) is 0 Å². The fraction of sp³-hybridized carbons (Fsp3) is 0.632. The monoisotopic (exact) mass is 348 g/mol. The molecule has 24 heavy (non-hydrogen) atoms. The lowest BCUT2D eigenvalue weighted by Gasteiger charge is -2.42. The van der Waals surface area contributed by atoms with Crippen LogP contribution in [0.4, 0.5) is 0 Å². The minimum Gasteiger partial charge on any atom is -0.496 e. The highest BCUT2D eigenvalue weighted by Gasteiger charge is 2.34. The van der Waals surface area contributed by atoms with Gasteiger partial charge in [0.25, 0.3) is 5.91 Å². The van der Waals surface area contributed by atoms with Crippen molar-refractivity contribution in [2.75, 3.05) is 26.7 Å². The van der Waals surface area contributed by atoms with E-state index >= 15 is 0 Å². The number of nitrogens with one attached hydrogen (secondary N) is 1. The van der Waals surface area contributed by atoms with Crippen LogP contribution in [0.5, 0.6) is 5.75 Å². The first-order valence-electron chi connectivity index (χ1n) is 9.09. The van der Waals surface area contributed by atoms with E-state index in [1.807, 2.05) is 0 Å². The number of carbonyl (C=O) groups is 1. The fourth-order valence-corrected chi connectivity index (χ4v) is 5.04. The normalized spacial score (nSPS) is 28.3. The molecule has 1 aliphatic carbocycles. The SMILES string of the molecule is COc1c(C(=O)NC2CCN3CCCC2C3)cc(Cl)c2c1CCC2. The van der Waals surface area contributed by atoms with Crippen LogP contribution < -0.4 is 10.1 Å². The van der Waals surface area contributed by atoms with Crippen LogP contribution in [-0.2, 0) is 12.8 Å². The van der Waals surface area contributed by atoms with Gasteiger partial charge in [0.1, 0.15) is 5.75 Å². The second kappa shape index (κ2) is 6.57. The quantitative estimate of drug-likeness (QED) is 0.912. The predicted octanol–water partition coefficient (Wildman–Crippen LogP) is 3.05. The summed E-state index contributed by atoms with van der Waals surface area (Å²) < 4.78 is 5.61. The van der Waals surface area contributed by atoms with E-state index in [0.717, 1.165) is 55.6 Å². The third-order valence-electron chi connectivity index (χ3n) is 5.93. The van der Waals surface area contributed by atoms with Crippen molar-refractivity contribution >= 4 is 17.5 Å². The van der Waals surface area contributed by atoms with Crippen LogP contribution in [0.15, 0.2) is 6.07 Å². The Morgan fingerprint density at radius 2 is 2.08 bits per heavy atom. The second-order valence-corrected chi connectivity index (χ2v) is 7.73. The first kappa shape index (κ1) is 16.2. The minimum atomic E-state index is -0.0347. The van der Waals surface area contributed by atoms with Gasteiger partial charge < -0.3 is 15.0 Å². The van der Waals surface area contributed by atoms with E-state index < -0.39 is 0 Å². The van der Waals surface area contributed by atoms with Crippen molar-refractivity contribution in [3.63, 3.8) is 0 Å². The highest BCUT2D eigenvalue weighted by molar-refractivity contribution is 6.32. The minimum absolute atomic E-state index is 0.0347. The number of benzene rings is 1. The summed E-state index contributed by atoms with van der Waals surface area (Å²) in [6.45, 7) is 3.42. The van der Waals surface area contributed by atoms with Gasteiger partial charge in [0.05, 0.1) is 12.7 Å². The Morgan fingerprint density at radius 1 is 1.25 bits per heavy atom. The zero-order valence-corrected chi connectivity index (χ0v) is 15.0. The van der Waals surface area contributed by atoms with Crippen molar-refractivity contribution in [2.45, 2.75) is 44.6 Å². The van der Waals surface area contributed by atoms with Gasteiger partial charge >= 0.3 is 0 Å². The third kappa shape index (κ3) is 2.80. The van der Waals surface area contributed by atoms with Gasteiger partial charge in [-0.3, -0.25) is 4.79 Å². The summed E-state index contributed by atoms with van der Waals surface area (Å²) in [5.41, 5.74) is 2.88. The molecule has 5 heteroatoms. The average molecular weight is 349 g/mol. The van der Waals surface area contributed by atoms with Crippen LogP contribution in [0, 0.1) is 5.92 Å². The maximum atomic E-state index is 12.9. The summed E-state index contributed by atoms with van der Waals surface area (Å²) in [7, 11) is 1.65. The summed E-state index contributed by atoms with van der Waals surface area (Å²) in [5, 5.41) is 3.99. The first-order valence-corrected chi connectivity index (χ1v) is 9.46. The van der Waals surface area contributed by atoms with Gasteiger partial charge in [-0.2, -0.15) is 0 Å². The molecule has 2 bridgehead atoms. The Bertz CT molecular complexity index is 661. The molecule has 0 aromatic heterocycles. The highest BCUT2D eigenvalue weighted by Crippen LogP contribution is 2.38. The smallest absolute Gasteiger partial charge is 0.255 e. The fourth-order valence-electron chi connectivity index (χ4n) is 4.72. The van der Waals surface area contributed by atoms with Crippen molar-refractivity contribution in [3.05, 3.63) is 27.8 Å². The molecule has 2 fully saturated rings. The number of piperidine rings is 2. The van der Waals surface area contributed by atoms with Crippen molar-refractivity contribution in [2.24, 2.45) is 5.92 Å². The van der Waals surface area contributed by atoms with Gasteiger partial charge in [-0.1, -0.05) is 11.6 Å². The number of amides is 1. The maximum Gasteiger partial charge on any atom is 0.255 e. The molecule has 2 heterocycles. The number of hydrogen-bond donors (Lipinski definition) is 1. The molecule has 4 rings (SSSR count). The zero-order chi connectivity index (χ0) is 16.7. The number of hydrogen-bond acceptors (Lipinski definition) is 3. The van der Waals surface area contributed by atoms with Crippen molar-refractivity contribution < 1.29 is 9.53 Å². The maximum absolute atomic E-state index is 12.9. The first-order chi connectivity index (χ1) is 11.7. The largest absolute Gasteiger partial charge is 0.496 e. The Hall–Kier alpha value is -1.26. The van der Waals surface area contributed by atoms with Crippen LogP contribution in [0.1, 0.15) is 47.2 Å². The summed E-state index contributed by atoms with van der Waals surface area (Å²) in [4.78, 5) is 15.5. The lowest BCUT2D eigenvalue weighted by atomic mass is 9.85.